The minimum absolute atomic E-state index is 0.0123. The summed E-state index contributed by atoms with van der Waals surface area (Å²) in [6.45, 7) is 0. The van der Waals surface area contributed by atoms with Gasteiger partial charge in [-0.3, -0.25) is 10.1 Å². The van der Waals surface area contributed by atoms with Crippen LogP contribution in [0.25, 0.3) is 0 Å². The average molecular weight is 200 g/mol. The molecule has 0 spiro atoms. The molecular formula is C11H8N2O2. The third kappa shape index (κ3) is 2.15. The van der Waals surface area contributed by atoms with Crippen molar-refractivity contribution in [1.82, 2.24) is 0 Å². The van der Waals surface area contributed by atoms with Gasteiger partial charge in [0.05, 0.1) is 10.5 Å². The molecule has 0 bridgehead atoms. The van der Waals surface area contributed by atoms with Crippen molar-refractivity contribution in [3.8, 4) is 11.8 Å². The lowest BCUT2D eigenvalue weighted by molar-refractivity contribution is -0.384. The van der Waals surface area contributed by atoms with Crippen LogP contribution in [0.15, 0.2) is 29.8 Å². The molecule has 0 fully saturated rings. The first kappa shape index (κ1) is 9.28. The number of nitrogens with zero attached hydrogens (tertiary/aromatic N) is 1. The lowest BCUT2D eigenvalue weighted by Crippen LogP contribution is -1.93. The number of benzene rings is 1. The summed E-state index contributed by atoms with van der Waals surface area (Å²) in [5, 5.41) is 10.5. The van der Waals surface area contributed by atoms with E-state index in [2.05, 4.69) is 11.8 Å². The Labute approximate surface area is 86.6 Å². The van der Waals surface area contributed by atoms with Gasteiger partial charge in [-0.05, 0) is 12.5 Å². The minimum atomic E-state index is -0.457. The number of hydrogen-bond acceptors (Lipinski definition) is 3. The fourth-order valence-electron chi connectivity index (χ4n) is 1.07. The molecule has 1 aromatic carbocycles. The van der Waals surface area contributed by atoms with E-state index in [4.69, 9.17) is 5.73 Å². The minimum Gasteiger partial charge on any atom is -0.398 e. The molecule has 0 heterocycles. The number of nitro groups is 1. The predicted molar refractivity (Wildman–Crippen MR) is 57.1 cm³/mol. The van der Waals surface area contributed by atoms with Crippen LogP contribution in [0.1, 0.15) is 12.0 Å². The second-order valence-corrected chi connectivity index (χ2v) is 3.21. The van der Waals surface area contributed by atoms with E-state index >= 15 is 0 Å². The molecule has 1 aromatic rings. The van der Waals surface area contributed by atoms with Gasteiger partial charge >= 0.3 is 0 Å². The van der Waals surface area contributed by atoms with Gasteiger partial charge in [0.15, 0.2) is 0 Å². The molecule has 0 aromatic heterocycles. The van der Waals surface area contributed by atoms with Crippen LogP contribution in [0, 0.1) is 22.0 Å². The number of anilines is 1. The van der Waals surface area contributed by atoms with Gasteiger partial charge in [0, 0.05) is 23.4 Å². The van der Waals surface area contributed by atoms with E-state index in [1.807, 2.05) is 6.08 Å². The first-order chi connectivity index (χ1) is 7.16. The van der Waals surface area contributed by atoms with Gasteiger partial charge in [-0.25, -0.2) is 0 Å². The zero-order valence-electron chi connectivity index (χ0n) is 7.86. The second kappa shape index (κ2) is 3.46. The molecule has 4 heteroatoms. The van der Waals surface area contributed by atoms with Crippen molar-refractivity contribution in [3.05, 3.63) is 45.5 Å². The fourth-order valence-corrected chi connectivity index (χ4v) is 1.07. The second-order valence-electron chi connectivity index (χ2n) is 3.21. The van der Waals surface area contributed by atoms with Crippen molar-refractivity contribution in [2.45, 2.75) is 6.42 Å². The van der Waals surface area contributed by atoms with E-state index in [-0.39, 0.29) is 5.69 Å². The molecule has 0 radical (unpaired) electrons. The molecule has 0 amide bonds. The molecular weight excluding hydrogens is 192 g/mol. The summed E-state index contributed by atoms with van der Waals surface area (Å²) in [4.78, 5) is 10.1. The summed E-state index contributed by atoms with van der Waals surface area (Å²) in [5.41, 5.74) is 7.70. The maximum atomic E-state index is 10.5. The number of rotatable bonds is 1. The molecule has 0 saturated heterocycles. The Morgan fingerprint density at radius 3 is 2.73 bits per heavy atom. The number of hydrogen-bond donors (Lipinski definition) is 1. The maximum Gasteiger partial charge on any atom is 0.270 e. The van der Waals surface area contributed by atoms with E-state index in [1.54, 1.807) is 0 Å². The summed E-state index contributed by atoms with van der Waals surface area (Å²) in [5.74, 6) is 5.71. The van der Waals surface area contributed by atoms with Gasteiger partial charge < -0.3 is 5.73 Å². The third-order valence-corrected chi connectivity index (χ3v) is 2.01. The molecule has 15 heavy (non-hydrogen) atoms. The van der Waals surface area contributed by atoms with Gasteiger partial charge in [-0.2, -0.15) is 0 Å². The highest BCUT2D eigenvalue weighted by atomic mass is 16.6. The highest BCUT2D eigenvalue weighted by molar-refractivity contribution is 5.61. The van der Waals surface area contributed by atoms with Crippen molar-refractivity contribution in [3.63, 3.8) is 0 Å². The number of nitro benzene ring substituents is 1. The zero-order valence-corrected chi connectivity index (χ0v) is 7.86. The van der Waals surface area contributed by atoms with E-state index in [9.17, 15) is 10.1 Å². The third-order valence-electron chi connectivity index (χ3n) is 2.01. The SMILES string of the molecule is Nc1ccc([N+](=O)[O-])cc1C#CC1=CC1. The molecule has 0 unspecified atom stereocenters. The van der Waals surface area contributed by atoms with Crippen LogP contribution in [-0.4, -0.2) is 4.92 Å². The average Bonchev–Trinajstić information content (AvgIpc) is 3.00. The molecule has 1 aliphatic rings. The summed E-state index contributed by atoms with van der Waals surface area (Å²) in [6, 6.07) is 4.27. The predicted octanol–water partition coefficient (Wildman–Crippen LogP) is 1.86. The number of nitrogen functional groups attached to an aromatic ring is 1. The molecule has 2 N–H and O–H groups in total. The number of non-ortho nitro benzene ring substituents is 1. The van der Waals surface area contributed by atoms with E-state index < -0.39 is 4.92 Å². The Kier molecular flexibility index (Phi) is 2.14. The van der Waals surface area contributed by atoms with Crippen LogP contribution in [-0.2, 0) is 0 Å². The summed E-state index contributed by atoms with van der Waals surface area (Å²) < 4.78 is 0. The normalized spacial score (nSPS) is 12.4. The largest absolute Gasteiger partial charge is 0.398 e. The van der Waals surface area contributed by atoms with Crippen LogP contribution in [0.2, 0.25) is 0 Å². The lowest BCUT2D eigenvalue weighted by atomic mass is 10.1. The van der Waals surface area contributed by atoms with Gasteiger partial charge in [-0.15, -0.1) is 0 Å². The van der Waals surface area contributed by atoms with Crippen LogP contribution in [0.4, 0.5) is 11.4 Å². The fraction of sp³-hybridized carbons (Fsp3) is 0.0909. The van der Waals surface area contributed by atoms with Gasteiger partial charge in [-0.1, -0.05) is 17.9 Å². The van der Waals surface area contributed by atoms with Crippen LogP contribution in [0.5, 0.6) is 0 Å². The molecule has 2 rings (SSSR count). The highest BCUT2D eigenvalue weighted by Gasteiger charge is 2.08. The monoisotopic (exact) mass is 200 g/mol. The van der Waals surface area contributed by atoms with Crippen molar-refractivity contribution in [2.24, 2.45) is 0 Å². The Balaban J connectivity index is 2.37. The zero-order chi connectivity index (χ0) is 10.8. The molecule has 0 atom stereocenters. The van der Waals surface area contributed by atoms with Crippen molar-refractivity contribution in [2.75, 3.05) is 5.73 Å². The van der Waals surface area contributed by atoms with Gasteiger partial charge in [0.25, 0.3) is 5.69 Å². The summed E-state index contributed by atoms with van der Waals surface area (Å²) >= 11 is 0. The van der Waals surface area contributed by atoms with E-state index in [0.717, 1.165) is 12.0 Å². The van der Waals surface area contributed by atoms with Crippen molar-refractivity contribution >= 4 is 11.4 Å². The van der Waals surface area contributed by atoms with Crippen molar-refractivity contribution < 1.29 is 4.92 Å². The Morgan fingerprint density at radius 1 is 1.40 bits per heavy atom. The first-order valence-electron chi connectivity index (χ1n) is 4.42. The highest BCUT2D eigenvalue weighted by Crippen LogP contribution is 2.20. The topological polar surface area (TPSA) is 69.2 Å². The number of allylic oxidation sites excluding steroid dienone is 2. The van der Waals surface area contributed by atoms with Crippen LogP contribution in [0.3, 0.4) is 0 Å². The molecule has 0 aliphatic heterocycles. The van der Waals surface area contributed by atoms with E-state index in [0.29, 0.717) is 11.3 Å². The van der Waals surface area contributed by atoms with E-state index in [1.165, 1.54) is 18.2 Å². The number of nitrogens with two attached hydrogens (primary N) is 1. The molecule has 74 valence electrons. The van der Waals surface area contributed by atoms with Crippen LogP contribution < -0.4 is 5.73 Å². The standard InChI is InChI=1S/C11H8N2O2/c12-11-6-5-10(13(14)15)7-9(11)4-3-8-1-2-8/h1,5-7H,2,12H2. The Hall–Kier alpha value is -2.28. The molecule has 4 nitrogen and oxygen atoms in total. The van der Waals surface area contributed by atoms with Crippen LogP contribution >= 0.6 is 0 Å². The maximum absolute atomic E-state index is 10.5. The first-order valence-corrected chi connectivity index (χ1v) is 4.42. The summed E-state index contributed by atoms with van der Waals surface area (Å²) in [6.07, 6.45) is 2.91. The van der Waals surface area contributed by atoms with Gasteiger partial charge in [0.1, 0.15) is 0 Å². The molecule has 0 saturated carbocycles. The Morgan fingerprint density at radius 2 is 2.13 bits per heavy atom. The summed E-state index contributed by atoms with van der Waals surface area (Å²) in [7, 11) is 0. The molecule has 1 aliphatic carbocycles. The lowest BCUT2D eigenvalue weighted by Gasteiger charge is -1.97. The van der Waals surface area contributed by atoms with Gasteiger partial charge in [0.2, 0.25) is 0 Å². The smallest absolute Gasteiger partial charge is 0.270 e. The van der Waals surface area contributed by atoms with Crippen molar-refractivity contribution in [1.29, 1.82) is 0 Å². The quantitative estimate of drug-likeness (QED) is 0.325. The Bertz CT molecular complexity index is 521.